The van der Waals surface area contributed by atoms with E-state index in [1.807, 2.05) is 0 Å². The zero-order chi connectivity index (χ0) is 12.1. The topological polar surface area (TPSA) is 80.4 Å². The second-order valence-corrected chi connectivity index (χ2v) is 3.41. The largest absolute Gasteiger partial charge is 0.480 e. The molecule has 0 fully saturated rings. The van der Waals surface area contributed by atoms with Gasteiger partial charge in [-0.05, 0) is 18.1 Å². The molecule has 0 aliphatic heterocycles. The number of carboxylic acid groups (broad SMARTS) is 1. The minimum atomic E-state index is -1.11. The summed E-state index contributed by atoms with van der Waals surface area (Å²) in [5.74, 6) is -1.73. The second-order valence-electron chi connectivity index (χ2n) is 3.41. The smallest absolute Gasteiger partial charge is 0.320 e. The van der Waals surface area contributed by atoms with Crippen molar-refractivity contribution in [3.05, 3.63) is 35.4 Å². The van der Waals surface area contributed by atoms with Crippen LogP contribution in [0.4, 0.5) is 4.39 Å². The number of halogens is 1. The van der Waals surface area contributed by atoms with Crippen LogP contribution in [-0.2, 0) is 11.2 Å². The Balaban J connectivity index is 2.82. The number of benzene rings is 1. The van der Waals surface area contributed by atoms with Crippen molar-refractivity contribution in [2.75, 3.05) is 6.67 Å². The lowest BCUT2D eigenvalue weighted by atomic mass is 10.0. The number of carboxylic acids is 1. The normalized spacial score (nSPS) is 12.1. The third-order valence-electron chi connectivity index (χ3n) is 2.14. The van der Waals surface area contributed by atoms with Gasteiger partial charge in [0.25, 0.3) is 0 Å². The van der Waals surface area contributed by atoms with Crippen LogP contribution >= 0.6 is 0 Å². The first-order chi connectivity index (χ1) is 7.54. The third kappa shape index (κ3) is 3.13. The molecule has 0 aliphatic rings. The van der Waals surface area contributed by atoms with E-state index in [2.05, 4.69) is 0 Å². The summed E-state index contributed by atoms with van der Waals surface area (Å²) in [5.41, 5.74) is 6.19. The highest BCUT2D eigenvalue weighted by atomic mass is 19.1. The summed E-state index contributed by atoms with van der Waals surface area (Å²) in [4.78, 5) is 21.6. The summed E-state index contributed by atoms with van der Waals surface area (Å²) in [7, 11) is 0. The van der Waals surface area contributed by atoms with Gasteiger partial charge in [0.1, 0.15) is 6.04 Å². The summed E-state index contributed by atoms with van der Waals surface area (Å²) >= 11 is 0. The van der Waals surface area contributed by atoms with Gasteiger partial charge in [0.05, 0.1) is 0 Å². The fourth-order valence-electron chi connectivity index (χ4n) is 1.29. The van der Waals surface area contributed by atoms with E-state index in [4.69, 9.17) is 10.8 Å². The molecule has 3 N–H and O–H groups in total. The molecule has 1 aromatic carbocycles. The molecule has 4 nitrogen and oxygen atoms in total. The second kappa shape index (κ2) is 5.37. The Labute approximate surface area is 91.9 Å². The van der Waals surface area contributed by atoms with Crippen molar-refractivity contribution in [2.45, 2.75) is 12.5 Å². The maximum absolute atomic E-state index is 12.1. The predicted molar refractivity (Wildman–Crippen MR) is 56.1 cm³/mol. The molecule has 0 saturated carbocycles. The fraction of sp³-hybridized carbons (Fsp3) is 0.273. The molecular formula is C11H12FNO3. The van der Waals surface area contributed by atoms with Gasteiger partial charge in [-0.25, -0.2) is 4.39 Å². The number of alkyl halides is 1. The standard InChI is InChI=1S/C11H12FNO3/c12-6-10(14)8-3-1-2-7(4-8)5-9(13)11(15)16/h1-4,9H,5-6,13H2,(H,15,16)/t9-/m0/s1. The number of hydrogen-bond acceptors (Lipinski definition) is 3. The van der Waals surface area contributed by atoms with Crippen LogP contribution in [0.5, 0.6) is 0 Å². The molecule has 0 aromatic heterocycles. The highest BCUT2D eigenvalue weighted by Gasteiger charge is 2.13. The van der Waals surface area contributed by atoms with Crippen LogP contribution in [0, 0.1) is 0 Å². The Kier molecular flexibility index (Phi) is 4.13. The maximum Gasteiger partial charge on any atom is 0.320 e. The fourth-order valence-corrected chi connectivity index (χ4v) is 1.29. The number of ketones is 1. The quantitative estimate of drug-likeness (QED) is 0.726. The van der Waals surface area contributed by atoms with Gasteiger partial charge >= 0.3 is 5.97 Å². The molecular weight excluding hydrogens is 213 g/mol. The summed E-state index contributed by atoms with van der Waals surface area (Å²) in [6.07, 6.45) is 0.114. The Morgan fingerprint density at radius 2 is 2.12 bits per heavy atom. The van der Waals surface area contributed by atoms with Crippen molar-refractivity contribution in [3.8, 4) is 0 Å². The third-order valence-corrected chi connectivity index (χ3v) is 2.14. The molecule has 0 spiro atoms. The van der Waals surface area contributed by atoms with Crippen LogP contribution in [0.25, 0.3) is 0 Å². The van der Waals surface area contributed by atoms with Crippen molar-refractivity contribution in [3.63, 3.8) is 0 Å². The van der Waals surface area contributed by atoms with Crippen molar-refractivity contribution >= 4 is 11.8 Å². The molecule has 0 bridgehead atoms. The van der Waals surface area contributed by atoms with E-state index in [0.29, 0.717) is 5.56 Å². The van der Waals surface area contributed by atoms with E-state index >= 15 is 0 Å². The SMILES string of the molecule is N[C@@H](Cc1cccc(C(=O)CF)c1)C(=O)O. The zero-order valence-corrected chi connectivity index (χ0v) is 8.52. The monoisotopic (exact) mass is 225 g/mol. The Morgan fingerprint density at radius 3 is 2.69 bits per heavy atom. The predicted octanol–water partition coefficient (Wildman–Crippen LogP) is 0.793. The van der Waals surface area contributed by atoms with Crippen LogP contribution in [0.3, 0.4) is 0 Å². The summed E-state index contributed by atoms with van der Waals surface area (Å²) in [6.45, 7) is -1.06. The number of nitrogens with two attached hydrogens (primary N) is 1. The first kappa shape index (κ1) is 12.3. The molecule has 0 saturated heterocycles. The molecule has 0 unspecified atom stereocenters. The number of carbonyl (C=O) groups is 2. The minimum Gasteiger partial charge on any atom is -0.480 e. The zero-order valence-electron chi connectivity index (χ0n) is 8.52. The van der Waals surface area contributed by atoms with Gasteiger partial charge in [0.2, 0.25) is 0 Å². The molecule has 0 amide bonds. The molecule has 16 heavy (non-hydrogen) atoms. The van der Waals surface area contributed by atoms with Crippen LogP contribution in [-0.4, -0.2) is 29.6 Å². The Morgan fingerprint density at radius 1 is 1.44 bits per heavy atom. The van der Waals surface area contributed by atoms with Crippen LogP contribution in [0.1, 0.15) is 15.9 Å². The minimum absolute atomic E-state index is 0.114. The van der Waals surface area contributed by atoms with E-state index in [-0.39, 0.29) is 12.0 Å². The maximum atomic E-state index is 12.1. The molecule has 1 atom stereocenters. The van der Waals surface area contributed by atoms with Gasteiger partial charge in [-0.1, -0.05) is 18.2 Å². The molecule has 5 heteroatoms. The molecule has 86 valence electrons. The van der Waals surface area contributed by atoms with E-state index in [0.717, 1.165) is 0 Å². The summed E-state index contributed by atoms with van der Waals surface area (Å²) in [5, 5.41) is 8.62. The van der Waals surface area contributed by atoms with Gasteiger partial charge in [0, 0.05) is 5.56 Å². The number of aliphatic carboxylic acids is 1. The molecule has 1 aromatic rings. The summed E-state index contributed by atoms with van der Waals surface area (Å²) < 4.78 is 12.1. The van der Waals surface area contributed by atoms with E-state index in [1.54, 1.807) is 12.1 Å². The van der Waals surface area contributed by atoms with E-state index < -0.39 is 24.5 Å². The Bertz CT molecular complexity index is 406. The summed E-state index contributed by atoms with van der Waals surface area (Å²) in [6, 6.07) is 5.16. The lowest BCUT2D eigenvalue weighted by molar-refractivity contribution is -0.138. The average Bonchev–Trinajstić information content (AvgIpc) is 2.28. The van der Waals surface area contributed by atoms with Crippen LogP contribution in [0.2, 0.25) is 0 Å². The van der Waals surface area contributed by atoms with Crippen molar-refractivity contribution in [2.24, 2.45) is 5.73 Å². The number of Topliss-reactive ketones (excluding diaryl/α,β-unsaturated/α-hetero) is 1. The van der Waals surface area contributed by atoms with Crippen molar-refractivity contribution < 1.29 is 19.1 Å². The van der Waals surface area contributed by atoms with Crippen LogP contribution < -0.4 is 5.73 Å². The van der Waals surface area contributed by atoms with Crippen molar-refractivity contribution in [1.29, 1.82) is 0 Å². The van der Waals surface area contributed by atoms with Gasteiger partial charge in [-0.3, -0.25) is 9.59 Å². The lowest BCUT2D eigenvalue weighted by Gasteiger charge is -2.07. The molecule has 0 heterocycles. The van der Waals surface area contributed by atoms with Gasteiger partial charge in [-0.15, -0.1) is 0 Å². The average molecular weight is 225 g/mol. The van der Waals surface area contributed by atoms with Crippen molar-refractivity contribution in [1.82, 2.24) is 0 Å². The molecule has 0 radical (unpaired) electrons. The first-order valence-corrected chi connectivity index (χ1v) is 4.71. The van der Waals surface area contributed by atoms with Gasteiger partial charge in [-0.2, -0.15) is 0 Å². The lowest BCUT2D eigenvalue weighted by Crippen LogP contribution is -2.32. The number of rotatable bonds is 5. The molecule has 0 aliphatic carbocycles. The highest BCUT2D eigenvalue weighted by molar-refractivity contribution is 5.97. The molecule has 1 rings (SSSR count). The number of hydrogen-bond donors (Lipinski definition) is 2. The van der Waals surface area contributed by atoms with Gasteiger partial charge in [0.15, 0.2) is 12.5 Å². The number of carbonyl (C=O) groups excluding carboxylic acids is 1. The highest BCUT2D eigenvalue weighted by Crippen LogP contribution is 2.08. The Hall–Kier alpha value is -1.75. The van der Waals surface area contributed by atoms with Crippen LogP contribution in [0.15, 0.2) is 24.3 Å². The van der Waals surface area contributed by atoms with Gasteiger partial charge < -0.3 is 10.8 Å². The first-order valence-electron chi connectivity index (χ1n) is 4.71. The van der Waals surface area contributed by atoms with E-state index in [1.165, 1.54) is 12.1 Å². The van der Waals surface area contributed by atoms with E-state index in [9.17, 15) is 14.0 Å².